The zero-order chi connectivity index (χ0) is 24.5. The minimum Gasteiger partial charge on any atom is -0.496 e. The summed E-state index contributed by atoms with van der Waals surface area (Å²) in [6.07, 6.45) is 7.52. The van der Waals surface area contributed by atoms with Gasteiger partial charge in [-0.2, -0.15) is 0 Å². The fourth-order valence-corrected chi connectivity index (χ4v) is 5.15. The van der Waals surface area contributed by atoms with Crippen LogP contribution in [-0.2, 0) is 0 Å². The second-order valence-electron chi connectivity index (χ2n) is 10.3. The van der Waals surface area contributed by atoms with Crippen molar-refractivity contribution in [3.8, 4) is 34.0 Å². The molecule has 1 aliphatic heterocycles. The Bertz CT molecular complexity index is 1130. The Morgan fingerprint density at radius 3 is 2.21 bits per heavy atom. The lowest BCUT2D eigenvalue weighted by atomic mass is 9.79. The summed E-state index contributed by atoms with van der Waals surface area (Å²) >= 11 is 0. The molecule has 1 fully saturated rings. The Morgan fingerprint density at radius 2 is 1.59 bits per heavy atom. The number of nitrogens with zero attached hydrogens (tertiary/aromatic N) is 4. The first-order valence-corrected chi connectivity index (χ1v) is 11.6. The van der Waals surface area contributed by atoms with Gasteiger partial charge in [-0.05, 0) is 69.9 Å². The van der Waals surface area contributed by atoms with Crippen molar-refractivity contribution < 1.29 is 9.47 Å². The molecular formula is C27H35N5O2. The van der Waals surface area contributed by atoms with E-state index in [4.69, 9.17) is 19.4 Å². The Balaban J connectivity index is 1.57. The SMILES string of the molecule is COc1cc(-c2ccc(-c3cnc(N(C)C4CC(C)(C)NC(C)(C)C4)cn3)c(OC)c2)ccn1. The summed E-state index contributed by atoms with van der Waals surface area (Å²) in [7, 11) is 5.40. The number of benzene rings is 1. The second kappa shape index (κ2) is 9.22. The van der Waals surface area contributed by atoms with Crippen LogP contribution in [0.25, 0.3) is 22.4 Å². The van der Waals surface area contributed by atoms with Gasteiger partial charge in [0.05, 0.1) is 32.3 Å². The van der Waals surface area contributed by atoms with Crippen molar-refractivity contribution in [1.82, 2.24) is 20.3 Å². The first kappa shape index (κ1) is 24.0. The lowest BCUT2D eigenvalue weighted by Gasteiger charge is -2.49. The van der Waals surface area contributed by atoms with E-state index in [0.717, 1.165) is 46.8 Å². The number of pyridine rings is 1. The summed E-state index contributed by atoms with van der Waals surface area (Å²) < 4.78 is 11.0. The van der Waals surface area contributed by atoms with E-state index in [1.165, 1.54) is 0 Å². The maximum atomic E-state index is 5.71. The number of rotatable bonds is 6. The third-order valence-corrected chi connectivity index (χ3v) is 6.47. The normalized spacial score (nSPS) is 17.3. The van der Waals surface area contributed by atoms with Crippen LogP contribution >= 0.6 is 0 Å². The summed E-state index contributed by atoms with van der Waals surface area (Å²) in [4.78, 5) is 16.0. The molecule has 0 amide bonds. The van der Waals surface area contributed by atoms with Gasteiger partial charge in [0.2, 0.25) is 5.88 Å². The van der Waals surface area contributed by atoms with Crippen molar-refractivity contribution in [1.29, 1.82) is 0 Å². The molecule has 34 heavy (non-hydrogen) atoms. The highest BCUT2D eigenvalue weighted by molar-refractivity contribution is 5.74. The van der Waals surface area contributed by atoms with E-state index in [1.54, 1.807) is 20.4 Å². The van der Waals surface area contributed by atoms with Gasteiger partial charge in [0.1, 0.15) is 11.6 Å². The number of methoxy groups -OCH3 is 2. The molecule has 1 aromatic carbocycles. The molecule has 0 bridgehead atoms. The van der Waals surface area contributed by atoms with Gasteiger partial charge in [-0.1, -0.05) is 6.07 Å². The van der Waals surface area contributed by atoms with Gasteiger partial charge in [-0.15, -0.1) is 0 Å². The van der Waals surface area contributed by atoms with Gasteiger partial charge in [0, 0.05) is 42.0 Å². The molecule has 4 rings (SSSR count). The van der Waals surface area contributed by atoms with E-state index in [1.807, 2.05) is 42.7 Å². The summed E-state index contributed by atoms with van der Waals surface area (Å²) in [6, 6.07) is 10.3. The van der Waals surface area contributed by atoms with Crippen LogP contribution in [0.4, 0.5) is 5.82 Å². The standard InChI is InChI=1S/C27H35N5O2/c1-26(2)14-20(15-27(3,4)31-26)32(5)24-17-29-22(16-30-24)21-9-8-18(12-23(21)33-6)19-10-11-28-25(13-19)34-7/h8-13,16-17,20,31H,14-15H2,1-7H3. The maximum absolute atomic E-state index is 5.71. The smallest absolute Gasteiger partial charge is 0.213 e. The van der Waals surface area contributed by atoms with Crippen LogP contribution in [0.1, 0.15) is 40.5 Å². The molecule has 2 aromatic heterocycles. The zero-order valence-electron chi connectivity index (χ0n) is 21.2. The summed E-state index contributed by atoms with van der Waals surface area (Å²) in [5.41, 5.74) is 3.84. The van der Waals surface area contributed by atoms with Gasteiger partial charge in [-0.25, -0.2) is 9.97 Å². The Hall–Kier alpha value is -3.19. The monoisotopic (exact) mass is 461 g/mol. The Labute approximate surface area is 202 Å². The van der Waals surface area contributed by atoms with Crippen molar-refractivity contribution in [2.75, 3.05) is 26.2 Å². The van der Waals surface area contributed by atoms with Crippen LogP contribution in [0.15, 0.2) is 48.9 Å². The molecule has 3 heterocycles. The Kier molecular flexibility index (Phi) is 6.49. The van der Waals surface area contributed by atoms with Crippen LogP contribution in [-0.4, -0.2) is 53.3 Å². The lowest BCUT2D eigenvalue weighted by molar-refractivity contribution is 0.160. The van der Waals surface area contributed by atoms with Gasteiger partial charge >= 0.3 is 0 Å². The van der Waals surface area contributed by atoms with Crippen molar-refractivity contribution in [3.63, 3.8) is 0 Å². The Morgan fingerprint density at radius 1 is 0.882 bits per heavy atom. The summed E-state index contributed by atoms with van der Waals surface area (Å²) in [5, 5.41) is 3.75. The minimum atomic E-state index is 0.0714. The molecule has 3 aromatic rings. The molecule has 7 nitrogen and oxygen atoms in total. The van der Waals surface area contributed by atoms with E-state index >= 15 is 0 Å². The fraction of sp³-hybridized carbons (Fsp3) is 0.444. The number of nitrogens with one attached hydrogen (secondary N) is 1. The van der Waals surface area contributed by atoms with Crippen LogP contribution < -0.4 is 19.7 Å². The quantitative estimate of drug-likeness (QED) is 0.556. The molecular weight excluding hydrogens is 426 g/mol. The lowest BCUT2D eigenvalue weighted by Crippen LogP contribution is -2.62. The molecule has 0 spiro atoms. The average Bonchev–Trinajstić information content (AvgIpc) is 2.81. The van der Waals surface area contributed by atoms with Crippen molar-refractivity contribution in [2.45, 2.75) is 57.7 Å². The van der Waals surface area contributed by atoms with Gasteiger partial charge < -0.3 is 19.7 Å². The third kappa shape index (κ3) is 5.14. The average molecular weight is 462 g/mol. The molecule has 0 unspecified atom stereocenters. The number of anilines is 1. The number of piperidine rings is 1. The summed E-state index contributed by atoms with van der Waals surface area (Å²) in [5.74, 6) is 2.19. The van der Waals surface area contributed by atoms with Crippen LogP contribution in [0.5, 0.6) is 11.6 Å². The van der Waals surface area contributed by atoms with E-state index in [-0.39, 0.29) is 11.1 Å². The first-order valence-electron chi connectivity index (χ1n) is 11.6. The van der Waals surface area contributed by atoms with E-state index in [9.17, 15) is 0 Å². The molecule has 7 heteroatoms. The number of aromatic nitrogens is 3. The molecule has 1 N–H and O–H groups in total. The highest BCUT2D eigenvalue weighted by atomic mass is 16.5. The van der Waals surface area contributed by atoms with Gasteiger partial charge in [0.15, 0.2) is 0 Å². The van der Waals surface area contributed by atoms with E-state index < -0.39 is 0 Å². The van der Waals surface area contributed by atoms with Crippen molar-refractivity contribution >= 4 is 5.82 Å². The molecule has 1 aliphatic rings. The third-order valence-electron chi connectivity index (χ3n) is 6.47. The van der Waals surface area contributed by atoms with Crippen molar-refractivity contribution in [2.24, 2.45) is 0 Å². The topological polar surface area (TPSA) is 72.4 Å². The number of hydrogen-bond donors (Lipinski definition) is 1. The van der Waals surface area contributed by atoms with Crippen LogP contribution in [0.3, 0.4) is 0 Å². The van der Waals surface area contributed by atoms with Gasteiger partial charge in [0.25, 0.3) is 0 Å². The molecule has 180 valence electrons. The predicted molar refractivity (Wildman–Crippen MR) is 137 cm³/mol. The van der Waals surface area contributed by atoms with Crippen molar-refractivity contribution in [3.05, 3.63) is 48.9 Å². The number of hydrogen-bond acceptors (Lipinski definition) is 7. The molecule has 1 saturated heterocycles. The molecule has 0 saturated carbocycles. The van der Waals surface area contributed by atoms with Crippen LogP contribution in [0.2, 0.25) is 0 Å². The van der Waals surface area contributed by atoms with Gasteiger partial charge in [-0.3, -0.25) is 4.98 Å². The summed E-state index contributed by atoms with van der Waals surface area (Å²) in [6.45, 7) is 9.06. The zero-order valence-corrected chi connectivity index (χ0v) is 21.2. The molecule has 0 aliphatic carbocycles. The molecule has 0 atom stereocenters. The number of ether oxygens (including phenoxy) is 2. The van der Waals surface area contributed by atoms with Crippen LogP contribution in [0, 0.1) is 0 Å². The highest BCUT2D eigenvalue weighted by Gasteiger charge is 2.39. The highest BCUT2D eigenvalue weighted by Crippen LogP contribution is 2.35. The minimum absolute atomic E-state index is 0.0714. The van der Waals surface area contributed by atoms with E-state index in [0.29, 0.717) is 11.9 Å². The van der Waals surface area contributed by atoms with E-state index in [2.05, 4.69) is 49.9 Å². The predicted octanol–water partition coefficient (Wildman–Crippen LogP) is 4.97. The second-order valence-corrected chi connectivity index (χ2v) is 10.3. The first-order chi connectivity index (χ1) is 16.1. The maximum Gasteiger partial charge on any atom is 0.213 e. The molecule has 0 radical (unpaired) electrons. The largest absolute Gasteiger partial charge is 0.496 e. The fourth-order valence-electron chi connectivity index (χ4n) is 5.15.